The van der Waals surface area contributed by atoms with Gasteiger partial charge in [0, 0.05) is 17.1 Å². The highest BCUT2D eigenvalue weighted by Gasteiger charge is 2.15. The first kappa shape index (κ1) is 18.5. The Hall–Kier alpha value is -3.81. The van der Waals surface area contributed by atoms with Crippen molar-refractivity contribution in [1.29, 1.82) is 0 Å². The summed E-state index contributed by atoms with van der Waals surface area (Å²) >= 11 is 0. The highest BCUT2D eigenvalue weighted by atomic mass is 19.1. The van der Waals surface area contributed by atoms with Gasteiger partial charge in [-0.2, -0.15) is 0 Å². The van der Waals surface area contributed by atoms with Gasteiger partial charge in [0.25, 0.3) is 0 Å². The number of rotatable bonds is 3. The zero-order valence-electron chi connectivity index (χ0n) is 15.6. The molecule has 2 aromatic carbocycles. The summed E-state index contributed by atoms with van der Waals surface area (Å²) in [6.07, 6.45) is 2.11. The molecular formula is C21H16F2N4O2. The van der Waals surface area contributed by atoms with Crippen LogP contribution in [0.25, 0.3) is 22.3 Å². The quantitative estimate of drug-likeness (QED) is 0.545. The van der Waals surface area contributed by atoms with E-state index in [1.807, 2.05) is 6.92 Å². The van der Waals surface area contributed by atoms with Gasteiger partial charge < -0.3 is 4.74 Å². The van der Waals surface area contributed by atoms with Gasteiger partial charge in [-0.3, -0.25) is 4.68 Å². The number of carbonyl (C=O) groups excluding carboxylic acids is 1. The Balaban J connectivity index is 1.55. The van der Waals surface area contributed by atoms with Crippen LogP contribution < -0.4 is 10.2 Å². The Morgan fingerprint density at radius 2 is 1.93 bits per heavy atom. The molecule has 4 rings (SSSR count). The predicted octanol–water partition coefficient (Wildman–Crippen LogP) is 4.74. The van der Waals surface area contributed by atoms with Crippen LogP contribution in [0, 0.1) is 25.5 Å². The van der Waals surface area contributed by atoms with Crippen LogP contribution in [0.15, 0.2) is 54.9 Å². The van der Waals surface area contributed by atoms with Crippen LogP contribution in [0.4, 0.5) is 13.6 Å². The Morgan fingerprint density at radius 3 is 2.69 bits per heavy atom. The molecule has 0 saturated heterocycles. The predicted molar refractivity (Wildman–Crippen MR) is 104 cm³/mol. The molecule has 146 valence electrons. The number of carbonyl (C=O) groups is 1. The lowest BCUT2D eigenvalue weighted by atomic mass is 10.2. The summed E-state index contributed by atoms with van der Waals surface area (Å²) in [5, 5.41) is 0.685. The summed E-state index contributed by atoms with van der Waals surface area (Å²) in [6.45, 7) is 3.45. The van der Waals surface area contributed by atoms with Crippen molar-refractivity contribution in [2.24, 2.45) is 0 Å². The van der Waals surface area contributed by atoms with E-state index in [9.17, 15) is 13.6 Å². The molecule has 0 aliphatic heterocycles. The standard InChI is InChI=1S/C21H16F2N4O2/c1-12-11-27(19-16(12)7-4-8-17(19)23)26-21(28)29-18-10-24-20(25-13(18)2)14-5-3-6-15(22)9-14/h3-11H,1-2H3,(H,26,28). The molecule has 1 N–H and O–H groups in total. The summed E-state index contributed by atoms with van der Waals surface area (Å²) in [4.78, 5) is 20.7. The minimum Gasteiger partial charge on any atom is -0.406 e. The zero-order chi connectivity index (χ0) is 20.5. The van der Waals surface area contributed by atoms with E-state index in [0.29, 0.717) is 22.5 Å². The van der Waals surface area contributed by atoms with Crippen LogP contribution in [-0.4, -0.2) is 20.7 Å². The molecule has 2 heterocycles. The molecule has 8 heteroatoms. The van der Waals surface area contributed by atoms with Crippen molar-refractivity contribution in [2.45, 2.75) is 13.8 Å². The number of aromatic nitrogens is 3. The fraction of sp³-hybridized carbons (Fsp3) is 0.0952. The number of nitrogens with one attached hydrogen (secondary N) is 1. The van der Waals surface area contributed by atoms with Gasteiger partial charge >= 0.3 is 6.09 Å². The summed E-state index contributed by atoms with van der Waals surface area (Å²) in [6, 6.07) is 10.6. The van der Waals surface area contributed by atoms with Gasteiger partial charge in [-0.1, -0.05) is 24.3 Å². The topological polar surface area (TPSA) is 69.0 Å². The molecule has 0 fully saturated rings. The number of benzene rings is 2. The van der Waals surface area contributed by atoms with Crippen molar-refractivity contribution < 1.29 is 18.3 Å². The molecule has 0 bridgehead atoms. The number of amides is 1. The Bertz CT molecular complexity index is 1240. The molecule has 0 aliphatic rings. The Kier molecular flexibility index (Phi) is 4.67. The number of hydrogen-bond donors (Lipinski definition) is 1. The molecule has 29 heavy (non-hydrogen) atoms. The highest BCUT2D eigenvalue weighted by molar-refractivity contribution is 5.87. The second kappa shape index (κ2) is 7.31. The molecule has 0 saturated carbocycles. The van der Waals surface area contributed by atoms with Crippen LogP contribution in [0.1, 0.15) is 11.3 Å². The van der Waals surface area contributed by atoms with Gasteiger partial charge in [-0.05, 0) is 37.6 Å². The maximum absolute atomic E-state index is 14.2. The first-order valence-corrected chi connectivity index (χ1v) is 8.77. The number of halogens is 2. The molecule has 6 nitrogen and oxygen atoms in total. The van der Waals surface area contributed by atoms with Gasteiger partial charge in [0.1, 0.15) is 17.2 Å². The molecule has 0 unspecified atom stereocenters. The second-order valence-electron chi connectivity index (χ2n) is 6.47. The van der Waals surface area contributed by atoms with Crippen molar-refractivity contribution in [3.05, 3.63) is 77.8 Å². The van der Waals surface area contributed by atoms with E-state index in [4.69, 9.17) is 4.74 Å². The minimum absolute atomic E-state index is 0.135. The maximum Gasteiger partial charge on any atom is 0.432 e. The molecule has 0 aliphatic carbocycles. The first-order valence-electron chi connectivity index (χ1n) is 8.77. The van der Waals surface area contributed by atoms with E-state index < -0.39 is 17.7 Å². The van der Waals surface area contributed by atoms with E-state index in [1.54, 1.807) is 37.4 Å². The summed E-state index contributed by atoms with van der Waals surface area (Å²) < 4.78 is 34.1. The average Bonchev–Trinajstić information content (AvgIpc) is 3.00. The van der Waals surface area contributed by atoms with Crippen molar-refractivity contribution in [3.8, 4) is 17.1 Å². The number of hydrogen-bond acceptors (Lipinski definition) is 4. The van der Waals surface area contributed by atoms with Crippen molar-refractivity contribution in [1.82, 2.24) is 14.6 Å². The van der Waals surface area contributed by atoms with Crippen LogP contribution in [-0.2, 0) is 0 Å². The van der Waals surface area contributed by atoms with Crippen LogP contribution in [0.2, 0.25) is 0 Å². The first-order chi connectivity index (χ1) is 13.9. The number of aryl methyl sites for hydroxylation is 2. The van der Waals surface area contributed by atoms with E-state index in [2.05, 4.69) is 15.4 Å². The molecular weight excluding hydrogens is 378 g/mol. The smallest absolute Gasteiger partial charge is 0.406 e. The number of ether oxygens (including phenoxy) is 1. The number of para-hydroxylation sites is 1. The number of fused-ring (bicyclic) bond motifs is 1. The second-order valence-corrected chi connectivity index (χ2v) is 6.47. The molecule has 1 amide bonds. The number of nitrogens with zero attached hydrogens (tertiary/aromatic N) is 3. The normalized spacial score (nSPS) is 10.9. The van der Waals surface area contributed by atoms with Crippen LogP contribution in [0.3, 0.4) is 0 Å². The Morgan fingerprint density at radius 1 is 1.14 bits per heavy atom. The van der Waals surface area contributed by atoms with Crippen LogP contribution in [0.5, 0.6) is 5.75 Å². The van der Waals surface area contributed by atoms with Crippen molar-refractivity contribution in [3.63, 3.8) is 0 Å². The van der Waals surface area contributed by atoms with Gasteiger partial charge in [0.05, 0.1) is 11.9 Å². The van der Waals surface area contributed by atoms with E-state index in [-0.39, 0.29) is 11.3 Å². The Labute approximate surface area is 164 Å². The van der Waals surface area contributed by atoms with E-state index in [0.717, 1.165) is 5.56 Å². The fourth-order valence-electron chi connectivity index (χ4n) is 3.04. The molecule has 2 aromatic heterocycles. The largest absolute Gasteiger partial charge is 0.432 e. The molecule has 0 radical (unpaired) electrons. The summed E-state index contributed by atoms with van der Waals surface area (Å²) in [5.41, 5.74) is 4.44. The lowest BCUT2D eigenvalue weighted by Crippen LogP contribution is -2.26. The fourth-order valence-corrected chi connectivity index (χ4v) is 3.04. The van der Waals surface area contributed by atoms with Gasteiger partial charge in [0.15, 0.2) is 11.6 Å². The lowest BCUT2D eigenvalue weighted by molar-refractivity contribution is 0.211. The molecule has 0 atom stereocenters. The lowest BCUT2D eigenvalue weighted by Gasteiger charge is -2.11. The zero-order valence-corrected chi connectivity index (χ0v) is 15.6. The third-order valence-electron chi connectivity index (χ3n) is 4.41. The average molecular weight is 394 g/mol. The van der Waals surface area contributed by atoms with Crippen molar-refractivity contribution in [2.75, 3.05) is 5.43 Å². The molecule has 0 spiro atoms. The summed E-state index contributed by atoms with van der Waals surface area (Å²) in [7, 11) is 0. The third-order valence-corrected chi connectivity index (χ3v) is 4.41. The molecule has 4 aromatic rings. The SMILES string of the molecule is Cc1nc(-c2cccc(F)c2)ncc1OC(=O)Nn1cc(C)c2cccc(F)c21. The summed E-state index contributed by atoms with van der Waals surface area (Å²) in [5.74, 6) is -0.417. The minimum atomic E-state index is -0.824. The van der Waals surface area contributed by atoms with Gasteiger partial charge in [-0.25, -0.2) is 29.0 Å². The van der Waals surface area contributed by atoms with Crippen LogP contribution >= 0.6 is 0 Å². The maximum atomic E-state index is 14.2. The highest BCUT2D eigenvalue weighted by Crippen LogP contribution is 2.23. The van der Waals surface area contributed by atoms with E-state index >= 15 is 0 Å². The van der Waals surface area contributed by atoms with Crippen molar-refractivity contribution >= 4 is 17.0 Å². The van der Waals surface area contributed by atoms with Gasteiger partial charge in [0.2, 0.25) is 0 Å². The van der Waals surface area contributed by atoms with E-state index in [1.165, 1.54) is 29.1 Å². The monoisotopic (exact) mass is 394 g/mol. The third kappa shape index (κ3) is 3.64. The van der Waals surface area contributed by atoms with Gasteiger partial charge in [-0.15, -0.1) is 0 Å².